The van der Waals surface area contributed by atoms with Crippen molar-refractivity contribution in [3.8, 4) is 17.1 Å². The predicted octanol–water partition coefficient (Wildman–Crippen LogP) is 7.58. The van der Waals surface area contributed by atoms with E-state index in [2.05, 4.69) is 30.2 Å². The summed E-state index contributed by atoms with van der Waals surface area (Å²) < 4.78 is 146. The van der Waals surface area contributed by atoms with Crippen LogP contribution in [0.15, 0.2) is 77.7 Å². The molecule has 1 amide bonds. The van der Waals surface area contributed by atoms with Crippen LogP contribution in [0.2, 0.25) is 5.02 Å². The van der Waals surface area contributed by atoms with Gasteiger partial charge in [0.15, 0.2) is 11.6 Å². The van der Waals surface area contributed by atoms with E-state index in [0.717, 1.165) is 35.2 Å². The van der Waals surface area contributed by atoms with Gasteiger partial charge in [-0.3, -0.25) is 28.2 Å². The molecule has 0 saturated carbocycles. The minimum absolute atomic E-state index is 0.000918. The van der Waals surface area contributed by atoms with E-state index < -0.39 is 111 Å². The van der Waals surface area contributed by atoms with Gasteiger partial charge < -0.3 is 5.32 Å². The summed E-state index contributed by atoms with van der Waals surface area (Å²) in [5.74, 6) is -10.3. The summed E-state index contributed by atoms with van der Waals surface area (Å²) in [5.41, 5.74) is -3.92. The van der Waals surface area contributed by atoms with Gasteiger partial charge in [-0.05, 0) is 48.0 Å². The van der Waals surface area contributed by atoms with Crippen molar-refractivity contribution in [1.29, 1.82) is 0 Å². The third-order valence-corrected chi connectivity index (χ3v) is 11.9. The van der Waals surface area contributed by atoms with Crippen molar-refractivity contribution in [2.45, 2.75) is 43.7 Å². The zero-order valence-corrected chi connectivity index (χ0v) is 34.8. The highest BCUT2D eigenvalue weighted by Gasteiger charge is 2.60. The van der Waals surface area contributed by atoms with Crippen LogP contribution in [0.5, 0.6) is 0 Å². The fourth-order valence-electron chi connectivity index (χ4n) is 8.34. The molecule has 4 heterocycles. The van der Waals surface area contributed by atoms with Gasteiger partial charge in [-0.15, -0.1) is 0 Å². The van der Waals surface area contributed by atoms with Crippen LogP contribution in [0.25, 0.3) is 38.9 Å². The van der Waals surface area contributed by atoms with E-state index in [-0.39, 0.29) is 55.3 Å². The summed E-state index contributed by atoms with van der Waals surface area (Å²) in [7, 11) is -2.57. The number of halogens is 9. The Morgan fingerprint density at radius 2 is 1.69 bits per heavy atom. The highest BCUT2D eigenvalue weighted by Crippen LogP contribution is 2.60. The van der Waals surface area contributed by atoms with Gasteiger partial charge in [0.2, 0.25) is 15.9 Å². The van der Waals surface area contributed by atoms with E-state index in [0.29, 0.717) is 10.7 Å². The van der Waals surface area contributed by atoms with Gasteiger partial charge in [0.05, 0.1) is 50.7 Å². The lowest BCUT2D eigenvalue weighted by atomic mass is 9.81. The van der Waals surface area contributed by atoms with E-state index >= 15 is 13.6 Å². The quantitative estimate of drug-likeness (QED) is 0.0926. The fraction of sp³-hybridized carbons (Fsp3) is 0.244. The molecule has 0 unspecified atom stereocenters. The first-order valence-corrected chi connectivity index (χ1v) is 21.5. The molecule has 0 radical (unpaired) electrons. The minimum Gasteiger partial charge on any atom is -0.344 e. The van der Waals surface area contributed by atoms with Crippen molar-refractivity contribution >= 4 is 55.2 Å². The van der Waals surface area contributed by atoms with Crippen molar-refractivity contribution < 1.29 is 48.3 Å². The molecule has 2 aliphatic carbocycles. The van der Waals surface area contributed by atoms with E-state index in [9.17, 15) is 39.6 Å². The number of sulfonamides is 1. The Morgan fingerprint density at radius 1 is 0.954 bits per heavy atom. The first-order chi connectivity index (χ1) is 30.7. The molecule has 336 valence electrons. The van der Waals surface area contributed by atoms with E-state index in [1.54, 1.807) is 0 Å². The van der Waals surface area contributed by atoms with Gasteiger partial charge in [0.1, 0.15) is 41.1 Å². The third-order valence-electron chi connectivity index (χ3n) is 11.0. The number of rotatable bonds is 12. The van der Waals surface area contributed by atoms with Gasteiger partial charge in [-0.25, -0.2) is 49.7 Å². The number of alkyl halides is 6. The smallest absolute Gasteiger partial charge is 0.296 e. The number of carbonyl (C=O) groups is 1. The second-order valence-electron chi connectivity index (χ2n) is 15.4. The highest BCUT2D eigenvalue weighted by atomic mass is 35.5. The number of aromatic nitrogens is 8. The molecule has 2 aliphatic rings. The topological polar surface area (TPSA) is 172 Å². The lowest BCUT2D eigenvalue weighted by Gasteiger charge is -2.27. The second-order valence-corrected chi connectivity index (χ2v) is 17.5. The van der Waals surface area contributed by atoms with Crippen molar-refractivity contribution in [3.05, 3.63) is 134 Å². The standard InChI is InChI=1S/C41H29ClF8N10O4S/c1-58-33-28(8-7-24(42)31(33)38(56-58)57-65(2,63)64)60-39(54-26-14-18(3-4-22(26)40(60)62)37-51-10-9-25(53-37)35(45)46)27(13-17-11-19(43)15-20(44)12-17)52-29(61)16-59-34-30(32(55-59)36(47)48)21-5-6-23(21)41(34,49)50/h3-12,14-15,21,23,27,35-36H,13,16H2,1-2H3,(H,52,61)(H,56,57)/t21-,23+,27-/m0/s1. The molecule has 9 rings (SSSR count). The molecule has 65 heavy (non-hydrogen) atoms. The van der Waals surface area contributed by atoms with Crippen molar-refractivity contribution in [3.63, 3.8) is 0 Å². The Hall–Kier alpha value is -6.75. The lowest BCUT2D eigenvalue weighted by Crippen LogP contribution is -2.38. The Bertz CT molecular complexity index is 3320. The van der Waals surface area contributed by atoms with Gasteiger partial charge in [-0.1, -0.05) is 29.8 Å². The van der Waals surface area contributed by atoms with Gasteiger partial charge in [-0.2, -0.15) is 19.0 Å². The molecule has 0 spiro atoms. The monoisotopic (exact) mass is 944 g/mol. The molecule has 3 aromatic carbocycles. The number of nitrogens with zero attached hydrogens (tertiary/aromatic N) is 8. The maximum atomic E-state index is 15.7. The molecule has 0 fully saturated rings. The molecule has 0 bridgehead atoms. The summed E-state index contributed by atoms with van der Waals surface area (Å²) in [5, 5.41) is 10.4. The van der Waals surface area contributed by atoms with E-state index in [1.165, 1.54) is 54.2 Å². The average Bonchev–Trinajstić information content (AvgIpc) is 3.78. The first kappa shape index (κ1) is 43.5. The summed E-state index contributed by atoms with van der Waals surface area (Å²) in [6.45, 7) is -1.08. The Balaban J connectivity index is 1.26. The van der Waals surface area contributed by atoms with Crippen LogP contribution in [0, 0.1) is 17.6 Å². The number of nitrogens with one attached hydrogen (secondary N) is 2. The summed E-state index contributed by atoms with van der Waals surface area (Å²) in [6.07, 6.45) is -2.35. The van der Waals surface area contributed by atoms with E-state index in [1.807, 2.05) is 0 Å². The molecule has 14 nitrogen and oxygen atoms in total. The molecular weight excluding hydrogens is 916 g/mol. The van der Waals surface area contributed by atoms with Crippen LogP contribution in [0.3, 0.4) is 0 Å². The van der Waals surface area contributed by atoms with Crippen LogP contribution in [0.1, 0.15) is 58.8 Å². The average molecular weight is 945 g/mol. The zero-order chi connectivity index (χ0) is 46.4. The molecule has 3 atom stereocenters. The second kappa shape index (κ2) is 15.7. The predicted molar refractivity (Wildman–Crippen MR) is 218 cm³/mol. The van der Waals surface area contributed by atoms with Gasteiger partial charge in [0.25, 0.3) is 24.3 Å². The molecular formula is C41H29ClF8N10O4S. The molecule has 0 saturated heterocycles. The number of fused-ring (bicyclic) bond motifs is 5. The SMILES string of the molecule is Cn1nc(NS(C)(=O)=O)c2c(Cl)ccc(-n3c([C@H](Cc4cc(F)cc(F)c4)NC(=O)Cn4nc(C(F)F)c5c4C(F)(F)[C@@H]4C=C[C@H]54)nc4cc(-c5nccc(C(F)F)n5)ccc4c3=O)c21. The number of hydrogen-bond donors (Lipinski definition) is 2. The summed E-state index contributed by atoms with van der Waals surface area (Å²) in [6, 6.07) is 8.36. The van der Waals surface area contributed by atoms with Crippen molar-refractivity contribution in [2.75, 3.05) is 11.0 Å². The molecule has 0 aliphatic heterocycles. The first-order valence-electron chi connectivity index (χ1n) is 19.2. The number of aryl methyl sites for hydroxylation is 1. The largest absolute Gasteiger partial charge is 0.344 e. The maximum absolute atomic E-state index is 15.7. The molecule has 24 heteroatoms. The van der Waals surface area contributed by atoms with Crippen LogP contribution >= 0.6 is 11.6 Å². The molecule has 2 N–H and O–H groups in total. The van der Waals surface area contributed by atoms with Crippen LogP contribution in [0.4, 0.5) is 40.9 Å². The number of allylic oxidation sites excluding steroid dienone is 2. The van der Waals surface area contributed by atoms with Crippen molar-refractivity contribution in [1.82, 2.24) is 44.4 Å². The number of amides is 1. The number of anilines is 1. The Morgan fingerprint density at radius 3 is 2.35 bits per heavy atom. The van der Waals surface area contributed by atoms with Crippen molar-refractivity contribution in [2.24, 2.45) is 13.0 Å². The summed E-state index contributed by atoms with van der Waals surface area (Å²) >= 11 is 6.60. The van der Waals surface area contributed by atoms with Crippen LogP contribution in [-0.2, 0) is 40.8 Å². The lowest BCUT2D eigenvalue weighted by molar-refractivity contribution is -0.123. The van der Waals surface area contributed by atoms with E-state index in [4.69, 9.17) is 16.6 Å². The van der Waals surface area contributed by atoms with Crippen LogP contribution in [-0.4, -0.2) is 59.7 Å². The maximum Gasteiger partial charge on any atom is 0.296 e. The number of carbonyl (C=O) groups excluding carboxylic acids is 1. The highest BCUT2D eigenvalue weighted by molar-refractivity contribution is 7.92. The van der Waals surface area contributed by atoms with Gasteiger partial charge in [0, 0.05) is 42.8 Å². The molecule has 7 aromatic rings. The number of hydrogen-bond acceptors (Lipinski definition) is 9. The van der Waals surface area contributed by atoms with Gasteiger partial charge >= 0.3 is 0 Å². The minimum atomic E-state index is -3.97. The Labute approximate surface area is 365 Å². The Kier molecular flexibility index (Phi) is 10.5. The summed E-state index contributed by atoms with van der Waals surface area (Å²) in [4.78, 5) is 41.9. The normalized spacial score (nSPS) is 16.9. The third kappa shape index (κ3) is 7.64. The number of benzene rings is 3. The molecule has 4 aromatic heterocycles. The zero-order valence-electron chi connectivity index (χ0n) is 33.2. The fourth-order valence-corrected chi connectivity index (χ4v) is 9.07. The van der Waals surface area contributed by atoms with Crippen LogP contribution < -0.4 is 15.6 Å².